The maximum atomic E-state index is 11.9. The minimum atomic E-state index is -0.399. The number of hydrogen-bond acceptors (Lipinski definition) is 6. The SMILES string of the molecule is Cc1ccc(C)c(Nc2ncnc(N3CCc4ccccc4C3)c2[N+](=O)[O-])c1. The molecule has 2 aromatic carbocycles. The molecule has 4 rings (SSSR count). The van der Waals surface area contributed by atoms with Gasteiger partial charge in [0.1, 0.15) is 6.33 Å². The van der Waals surface area contributed by atoms with Crippen molar-refractivity contribution in [2.75, 3.05) is 16.8 Å². The van der Waals surface area contributed by atoms with Gasteiger partial charge in [-0.25, -0.2) is 9.97 Å². The van der Waals surface area contributed by atoms with E-state index in [1.165, 1.54) is 17.5 Å². The summed E-state index contributed by atoms with van der Waals surface area (Å²) in [5.41, 5.74) is 5.22. The van der Waals surface area contributed by atoms with Crippen molar-refractivity contribution in [1.29, 1.82) is 0 Å². The molecule has 0 atom stereocenters. The summed E-state index contributed by atoms with van der Waals surface area (Å²) >= 11 is 0. The number of anilines is 3. The Labute approximate surface area is 163 Å². The minimum absolute atomic E-state index is 0.0946. The van der Waals surface area contributed by atoms with Gasteiger partial charge in [-0.1, -0.05) is 36.4 Å². The van der Waals surface area contributed by atoms with E-state index < -0.39 is 4.92 Å². The number of benzene rings is 2. The van der Waals surface area contributed by atoms with Gasteiger partial charge < -0.3 is 10.2 Å². The molecular weight excluding hydrogens is 354 g/mol. The second kappa shape index (κ2) is 7.26. The second-order valence-corrected chi connectivity index (χ2v) is 7.04. The fraction of sp³-hybridized carbons (Fsp3) is 0.238. The van der Waals surface area contributed by atoms with Crippen molar-refractivity contribution in [2.24, 2.45) is 0 Å². The molecule has 0 radical (unpaired) electrons. The van der Waals surface area contributed by atoms with Crippen molar-refractivity contribution in [3.05, 3.63) is 81.2 Å². The lowest BCUT2D eigenvalue weighted by molar-refractivity contribution is -0.383. The number of hydrogen-bond donors (Lipinski definition) is 1. The molecule has 1 aliphatic rings. The van der Waals surface area contributed by atoms with Crippen molar-refractivity contribution in [1.82, 2.24) is 9.97 Å². The Bertz CT molecular complexity index is 1050. The molecule has 7 nitrogen and oxygen atoms in total. The highest BCUT2D eigenvalue weighted by atomic mass is 16.6. The average molecular weight is 375 g/mol. The Morgan fingerprint density at radius 1 is 1.11 bits per heavy atom. The molecule has 0 bridgehead atoms. The van der Waals surface area contributed by atoms with Crippen LogP contribution in [0.15, 0.2) is 48.8 Å². The van der Waals surface area contributed by atoms with E-state index in [4.69, 9.17) is 0 Å². The number of aryl methyl sites for hydroxylation is 2. The number of aromatic nitrogens is 2. The van der Waals surface area contributed by atoms with Crippen LogP contribution in [0.5, 0.6) is 0 Å². The molecule has 0 unspecified atom stereocenters. The largest absolute Gasteiger partial charge is 0.353 e. The number of fused-ring (bicyclic) bond motifs is 1. The molecule has 0 saturated heterocycles. The molecule has 0 amide bonds. The van der Waals surface area contributed by atoms with Gasteiger partial charge in [-0.05, 0) is 48.6 Å². The zero-order chi connectivity index (χ0) is 19.7. The first-order valence-electron chi connectivity index (χ1n) is 9.18. The topological polar surface area (TPSA) is 84.2 Å². The standard InChI is InChI=1S/C21H21N5O2/c1-14-7-8-15(2)18(11-14)24-20-19(26(27)28)21(23-13-22-20)25-10-9-16-5-3-4-6-17(16)12-25/h3-8,11,13H,9-10,12H2,1-2H3,(H,22,23,24). The summed E-state index contributed by atoms with van der Waals surface area (Å²) in [4.78, 5) is 21.9. The fourth-order valence-corrected chi connectivity index (χ4v) is 3.54. The van der Waals surface area contributed by atoms with Gasteiger partial charge in [-0.3, -0.25) is 10.1 Å². The second-order valence-electron chi connectivity index (χ2n) is 7.04. The van der Waals surface area contributed by atoms with Crippen molar-refractivity contribution in [3.8, 4) is 0 Å². The molecule has 0 fully saturated rings. The van der Waals surface area contributed by atoms with Gasteiger partial charge in [-0.2, -0.15) is 0 Å². The maximum Gasteiger partial charge on any atom is 0.353 e. The van der Waals surface area contributed by atoms with Gasteiger partial charge in [0.15, 0.2) is 0 Å². The zero-order valence-corrected chi connectivity index (χ0v) is 15.8. The smallest absolute Gasteiger partial charge is 0.346 e. The highest BCUT2D eigenvalue weighted by Crippen LogP contribution is 2.36. The van der Waals surface area contributed by atoms with Crippen LogP contribution < -0.4 is 10.2 Å². The quantitative estimate of drug-likeness (QED) is 0.540. The first-order valence-corrected chi connectivity index (χ1v) is 9.18. The predicted molar refractivity (Wildman–Crippen MR) is 109 cm³/mol. The summed E-state index contributed by atoms with van der Waals surface area (Å²) < 4.78 is 0. The predicted octanol–water partition coefficient (Wildman–Crippen LogP) is 4.31. The zero-order valence-electron chi connectivity index (χ0n) is 15.8. The lowest BCUT2D eigenvalue weighted by Gasteiger charge is -2.29. The van der Waals surface area contributed by atoms with Crippen LogP contribution in [0.2, 0.25) is 0 Å². The first kappa shape index (κ1) is 17.9. The minimum Gasteiger partial charge on any atom is -0.346 e. The molecule has 28 heavy (non-hydrogen) atoms. The van der Waals surface area contributed by atoms with E-state index in [1.54, 1.807) is 0 Å². The van der Waals surface area contributed by atoms with E-state index >= 15 is 0 Å². The molecule has 1 aromatic heterocycles. The molecule has 0 aliphatic carbocycles. The van der Waals surface area contributed by atoms with Crippen LogP contribution in [0.25, 0.3) is 0 Å². The van der Waals surface area contributed by atoms with E-state index in [9.17, 15) is 10.1 Å². The van der Waals surface area contributed by atoms with E-state index in [-0.39, 0.29) is 11.5 Å². The third kappa shape index (κ3) is 3.38. The van der Waals surface area contributed by atoms with Gasteiger partial charge in [0.05, 0.1) is 4.92 Å². The lowest BCUT2D eigenvalue weighted by atomic mass is 10.00. The van der Waals surface area contributed by atoms with Crippen LogP contribution in [0.4, 0.5) is 23.0 Å². The van der Waals surface area contributed by atoms with Crippen LogP contribution in [-0.4, -0.2) is 21.4 Å². The van der Waals surface area contributed by atoms with E-state index in [2.05, 4.69) is 27.4 Å². The summed E-state index contributed by atoms with van der Waals surface area (Å²) in [6.45, 7) is 5.21. The Morgan fingerprint density at radius 3 is 2.68 bits per heavy atom. The van der Waals surface area contributed by atoms with Crippen molar-refractivity contribution in [2.45, 2.75) is 26.8 Å². The van der Waals surface area contributed by atoms with Crippen LogP contribution in [-0.2, 0) is 13.0 Å². The third-order valence-corrected chi connectivity index (χ3v) is 5.06. The molecule has 3 aromatic rings. The molecule has 0 saturated carbocycles. The highest BCUT2D eigenvalue weighted by molar-refractivity contribution is 5.75. The van der Waals surface area contributed by atoms with Gasteiger partial charge in [0.2, 0.25) is 11.6 Å². The van der Waals surface area contributed by atoms with Gasteiger partial charge >= 0.3 is 5.69 Å². The van der Waals surface area contributed by atoms with Crippen LogP contribution in [0.3, 0.4) is 0 Å². The molecule has 142 valence electrons. The average Bonchev–Trinajstić information content (AvgIpc) is 2.70. The molecule has 2 heterocycles. The summed E-state index contributed by atoms with van der Waals surface area (Å²) in [7, 11) is 0. The van der Waals surface area contributed by atoms with Gasteiger partial charge in [0, 0.05) is 18.8 Å². The number of nitrogens with zero attached hydrogens (tertiary/aromatic N) is 4. The first-order chi connectivity index (χ1) is 13.5. The Kier molecular flexibility index (Phi) is 4.65. The van der Waals surface area contributed by atoms with Crippen LogP contribution in [0, 0.1) is 24.0 Å². The maximum absolute atomic E-state index is 11.9. The van der Waals surface area contributed by atoms with Gasteiger partial charge in [0.25, 0.3) is 0 Å². The van der Waals surface area contributed by atoms with Crippen molar-refractivity contribution in [3.63, 3.8) is 0 Å². The van der Waals surface area contributed by atoms with E-state index in [1.807, 2.05) is 49.1 Å². The summed E-state index contributed by atoms with van der Waals surface area (Å²) in [5.74, 6) is 0.560. The summed E-state index contributed by atoms with van der Waals surface area (Å²) in [6.07, 6.45) is 2.22. The molecule has 0 spiro atoms. The Hall–Kier alpha value is -3.48. The summed E-state index contributed by atoms with van der Waals surface area (Å²) in [6, 6.07) is 14.1. The Balaban J connectivity index is 1.72. The number of nitrogens with one attached hydrogen (secondary N) is 1. The molecule has 1 N–H and O–H groups in total. The lowest BCUT2D eigenvalue weighted by Crippen LogP contribution is -2.31. The van der Waals surface area contributed by atoms with Gasteiger partial charge in [-0.15, -0.1) is 0 Å². The molecule has 1 aliphatic heterocycles. The molecular formula is C21H21N5O2. The number of rotatable bonds is 4. The molecule has 7 heteroatoms. The van der Waals surface area contributed by atoms with E-state index in [0.29, 0.717) is 18.9 Å². The fourth-order valence-electron chi connectivity index (χ4n) is 3.54. The van der Waals surface area contributed by atoms with Crippen molar-refractivity contribution >= 4 is 23.0 Å². The highest BCUT2D eigenvalue weighted by Gasteiger charge is 2.29. The van der Waals surface area contributed by atoms with Crippen LogP contribution >= 0.6 is 0 Å². The van der Waals surface area contributed by atoms with E-state index in [0.717, 1.165) is 23.2 Å². The monoisotopic (exact) mass is 375 g/mol. The third-order valence-electron chi connectivity index (χ3n) is 5.06. The van der Waals surface area contributed by atoms with Crippen molar-refractivity contribution < 1.29 is 4.92 Å². The number of nitro groups is 1. The van der Waals surface area contributed by atoms with Crippen LogP contribution in [0.1, 0.15) is 22.3 Å². The Morgan fingerprint density at radius 2 is 1.89 bits per heavy atom. The summed E-state index contributed by atoms with van der Waals surface area (Å²) in [5, 5.41) is 15.1. The normalized spacial score (nSPS) is 13.1.